The molecule has 2 aliphatic rings. The van der Waals surface area contributed by atoms with Crippen molar-refractivity contribution in [2.24, 2.45) is 0 Å². The molecule has 2 fully saturated rings. The topological polar surface area (TPSA) is 79.7 Å². The van der Waals surface area contributed by atoms with Crippen LogP contribution in [-0.4, -0.2) is 45.6 Å². The molecule has 1 unspecified atom stereocenters. The van der Waals surface area contributed by atoms with E-state index in [-0.39, 0.29) is 12.0 Å². The molecule has 0 bridgehead atoms. The van der Waals surface area contributed by atoms with E-state index >= 15 is 0 Å². The largest absolute Gasteiger partial charge is 0.480 e. The molecule has 6 heteroatoms. The number of ether oxygens (including phenoxy) is 1. The Balaban J connectivity index is 1.74. The lowest BCUT2D eigenvalue weighted by Gasteiger charge is -2.26. The van der Waals surface area contributed by atoms with Crippen molar-refractivity contribution in [3.05, 3.63) is 23.9 Å². The van der Waals surface area contributed by atoms with Crippen molar-refractivity contribution in [2.75, 3.05) is 6.54 Å². The Hall–Kier alpha value is -2.11. The maximum absolute atomic E-state index is 12.5. The van der Waals surface area contributed by atoms with Gasteiger partial charge in [-0.15, -0.1) is 0 Å². The third kappa shape index (κ3) is 2.84. The Bertz CT molecular complexity index is 556. The number of nitrogens with zero attached hydrogens (tertiary/aromatic N) is 2. The van der Waals surface area contributed by atoms with Gasteiger partial charge in [0, 0.05) is 24.4 Å². The smallest absolute Gasteiger partial charge is 0.326 e. The molecule has 0 radical (unpaired) electrons. The molecule has 6 nitrogen and oxygen atoms in total. The Labute approximate surface area is 122 Å². The zero-order valence-corrected chi connectivity index (χ0v) is 11.7. The van der Waals surface area contributed by atoms with Crippen LogP contribution >= 0.6 is 0 Å². The average molecular weight is 290 g/mol. The summed E-state index contributed by atoms with van der Waals surface area (Å²) in [6.07, 6.45) is 6.17. The lowest BCUT2D eigenvalue weighted by Crippen LogP contribution is -2.40. The quantitative estimate of drug-likeness (QED) is 0.913. The number of hydrogen-bond acceptors (Lipinski definition) is 4. The minimum absolute atomic E-state index is 0.196. The summed E-state index contributed by atoms with van der Waals surface area (Å²) in [7, 11) is 0. The number of pyridine rings is 1. The SMILES string of the molecule is O=C(O)C1CCCN1C(=O)c1ccnc(OC2CCC2)c1. The number of hydrogen-bond donors (Lipinski definition) is 1. The summed E-state index contributed by atoms with van der Waals surface area (Å²) in [4.78, 5) is 29.2. The first-order valence-corrected chi connectivity index (χ1v) is 7.31. The van der Waals surface area contributed by atoms with E-state index in [0.717, 1.165) is 25.7 Å². The molecular formula is C15H18N2O4. The van der Waals surface area contributed by atoms with Gasteiger partial charge in [0.05, 0.1) is 0 Å². The van der Waals surface area contributed by atoms with Crippen LogP contribution in [0.4, 0.5) is 0 Å². The molecular weight excluding hydrogens is 272 g/mol. The van der Waals surface area contributed by atoms with Gasteiger partial charge < -0.3 is 14.7 Å². The molecule has 1 aromatic rings. The van der Waals surface area contributed by atoms with Gasteiger partial charge in [-0.25, -0.2) is 9.78 Å². The Kier molecular flexibility index (Phi) is 3.77. The Morgan fingerprint density at radius 2 is 2.10 bits per heavy atom. The van der Waals surface area contributed by atoms with Crippen LogP contribution in [-0.2, 0) is 4.79 Å². The van der Waals surface area contributed by atoms with Gasteiger partial charge in [-0.2, -0.15) is 0 Å². The van der Waals surface area contributed by atoms with Crippen LogP contribution in [0.1, 0.15) is 42.5 Å². The standard InChI is InChI=1S/C15H18N2O4/c18-14(17-8-2-5-12(17)15(19)20)10-6-7-16-13(9-10)21-11-3-1-4-11/h6-7,9,11-12H,1-5,8H2,(H,19,20). The predicted octanol–water partition coefficient (Wildman–Crippen LogP) is 1.70. The van der Waals surface area contributed by atoms with Crippen LogP contribution in [0.5, 0.6) is 5.88 Å². The molecule has 3 rings (SSSR count). The van der Waals surface area contributed by atoms with Gasteiger partial charge in [0.2, 0.25) is 5.88 Å². The summed E-state index contributed by atoms with van der Waals surface area (Å²) < 4.78 is 5.68. The number of likely N-dealkylation sites (tertiary alicyclic amines) is 1. The summed E-state index contributed by atoms with van der Waals surface area (Å²) in [6.45, 7) is 0.483. The fraction of sp³-hybridized carbons (Fsp3) is 0.533. The third-order valence-electron chi connectivity index (χ3n) is 4.12. The highest BCUT2D eigenvalue weighted by Gasteiger charge is 2.34. The van der Waals surface area contributed by atoms with E-state index < -0.39 is 12.0 Å². The molecule has 1 aliphatic carbocycles. The molecule has 1 aliphatic heterocycles. The van der Waals surface area contributed by atoms with Gasteiger partial charge in [0.15, 0.2) is 0 Å². The number of carboxylic acid groups (broad SMARTS) is 1. The van der Waals surface area contributed by atoms with Gasteiger partial charge in [0.25, 0.3) is 5.91 Å². The van der Waals surface area contributed by atoms with E-state index in [0.29, 0.717) is 24.4 Å². The highest BCUT2D eigenvalue weighted by Crippen LogP contribution is 2.25. The number of aromatic nitrogens is 1. The third-order valence-corrected chi connectivity index (χ3v) is 4.12. The van der Waals surface area contributed by atoms with E-state index in [2.05, 4.69) is 4.98 Å². The second kappa shape index (κ2) is 5.71. The maximum Gasteiger partial charge on any atom is 0.326 e. The highest BCUT2D eigenvalue weighted by molar-refractivity contribution is 5.97. The molecule has 1 N–H and O–H groups in total. The molecule has 1 aromatic heterocycles. The van der Waals surface area contributed by atoms with Crippen LogP contribution in [0.25, 0.3) is 0 Å². The molecule has 0 aromatic carbocycles. The van der Waals surface area contributed by atoms with Gasteiger partial charge >= 0.3 is 5.97 Å². The average Bonchev–Trinajstić information content (AvgIpc) is 2.92. The summed E-state index contributed by atoms with van der Waals surface area (Å²) in [5.74, 6) is -0.766. The van der Waals surface area contributed by atoms with Crippen molar-refractivity contribution in [2.45, 2.75) is 44.2 Å². The van der Waals surface area contributed by atoms with Gasteiger partial charge in [0.1, 0.15) is 12.1 Å². The summed E-state index contributed by atoms with van der Waals surface area (Å²) in [5.41, 5.74) is 0.437. The van der Waals surface area contributed by atoms with Crippen LogP contribution in [0, 0.1) is 0 Å². The Morgan fingerprint density at radius 3 is 2.76 bits per heavy atom. The fourth-order valence-corrected chi connectivity index (χ4v) is 2.70. The number of carbonyl (C=O) groups is 2. The van der Waals surface area contributed by atoms with E-state index in [4.69, 9.17) is 9.84 Å². The second-order valence-corrected chi connectivity index (χ2v) is 5.55. The summed E-state index contributed by atoms with van der Waals surface area (Å²) in [5, 5.41) is 9.16. The van der Waals surface area contributed by atoms with Crippen molar-refractivity contribution in [1.82, 2.24) is 9.88 Å². The van der Waals surface area contributed by atoms with E-state index in [1.165, 1.54) is 11.1 Å². The first-order valence-electron chi connectivity index (χ1n) is 7.31. The first-order chi connectivity index (χ1) is 10.1. The number of carboxylic acids is 1. The van der Waals surface area contributed by atoms with Crippen LogP contribution in [0.3, 0.4) is 0 Å². The maximum atomic E-state index is 12.5. The number of amides is 1. The normalized spacial score (nSPS) is 21.9. The van der Waals surface area contributed by atoms with Crippen LogP contribution < -0.4 is 4.74 Å². The highest BCUT2D eigenvalue weighted by atomic mass is 16.5. The molecule has 112 valence electrons. The zero-order chi connectivity index (χ0) is 14.8. The van der Waals surface area contributed by atoms with E-state index in [1.807, 2.05) is 0 Å². The summed E-state index contributed by atoms with van der Waals surface area (Å²) in [6, 6.07) is 2.49. The van der Waals surface area contributed by atoms with E-state index in [1.54, 1.807) is 12.1 Å². The second-order valence-electron chi connectivity index (χ2n) is 5.55. The van der Waals surface area contributed by atoms with Crippen LogP contribution in [0.15, 0.2) is 18.3 Å². The lowest BCUT2D eigenvalue weighted by molar-refractivity contribution is -0.141. The molecule has 1 amide bonds. The lowest BCUT2D eigenvalue weighted by atomic mass is 9.96. The molecule has 1 saturated heterocycles. The zero-order valence-electron chi connectivity index (χ0n) is 11.7. The van der Waals surface area contributed by atoms with Gasteiger partial charge in [-0.1, -0.05) is 0 Å². The molecule has 1 saturated carbocycles. The summed E-state index contributed by atoms with van der Waals surface area (Å²) >= 11 is 0. The Morgan fingerprint density at radius 1 is 1.29 bits per heavy atom. The van der Waals surface area contributed by atoms with Crippen molar-refractivity contribution >= 4 is 11.9 Å². The first kappa shape index (κ1) is 13.9. The molecule has 2 heterocycles. The van der Waals surface area contributed by atoms with Crippen molar-refractivity contribution in [3.8, 4) is 5.88 Å². The monoisotopic (exact) mass is 290 g/mol. The predicted molar refractivity (Wildman–Crippen MR) is 74.2 cm³/mol. The van der Waals surface area contributed by atoms with E-state index in [9.17, 15) is 9.59 Å². The number of rotatable bonds is 4. The number of carbonyl (C=O) groups excluding carboxylic acids is 1. The van der Waals surface area contributed by atoms with Crippen LogP contribution in [0.2, 0.25) is 0 Å². The minimum Gasteiger partial charge on any atom is -0.480 e. The van der Waals surface area contributed by atoms with Crippen molar-refractivity contribution < 1.29 is 19.4 Å². The van der Waals surface area contributed by atoms with Gasteiger partial charge in [-0.3, -0.25) is 4.79 Å². The van der Waals surface area contributed by atoms with Crippen molar-refractivity contribution in [3.63, 3.8) is 0 Å². The molecule has 1 atom stereocenters. The number of aliphatic carboxylic acids is 1. The van der Waals surface area contributed by atoms with Crippen molar-refractivity contribution in [1.29, 1.82) is 0 Å². The fourth-order valence-electron chi connectivity index (χ4n) is 2.70. The minimum atomic E-state index is -0.944. The molecule has 21 heavy (non-hydrogen) atoms. The molecule has 0 spiro atoms. The van der Waals surface area contributed by atoms with Gasteiger partial charge in [-0.05, 0) is 38.2 Å².